The second kappa shape index (κ2) is 10.5. The summed E-state index contributed by atoms with van der Waals surface area (Å²) in [6, 6.07) is 7.33. The minimum atomic E-state index is -0.770. The van der Waals surface area contributed by atoms with Gasteiger partial charge in [-0.1, -0.05) is 13.0 Å². The number of primary amides is 1. The fourth-order valence-corrected chi connectivity index (χ4v) is 5.24. The van der Waals surface area contributed by atoms with Crippen molar-refractivity contribution in [1.82, 2.24) is 19.8 Å². The molecule has 4 rings (SSSR count). The molecule has 1 aliphatic heterocycles. The van der Waals surface area contributed by atoms with E-state index in [9.17, 15) is 14.4 Å². The highest BCUT2D eigenvalue weighted by Crippen LogP contribution is 2.35. The number of carbonyl (C=O) groups is 3. The Morgan fingerprint density at radius 1 is 1.20 bits per heavy atom. The standard InChI is InChI=1S/C25H30N6O3S/c1-15-4-6-20(16-5-7-21-19(11-16)29-22(35-21)8-9-30(2)3)31(14-15)25(34)24(33)28-18-10-17(23(26)32)12-27-13-18/h5,7,10-13,15,20H,4,6,8-9,14H2,1-3H3,(H2,26,32)(H,28,33). The number of hydrogen-bond acceptors (Lipinski definition) is 7. The summed E-state index contributed by atoms with van der Waals surface area (Å²) in [5.74, 6) is -1.76. The van der Waals surface area contributed by atoms with Gasteiger partial charge in [0.15, 0.2) is 0 Å². The molecule has 3 N–H and O–H groups in total. The fourth-order valence-electron chi connectivity index (χ4n) is 4.31. The van der Waals surface area contributed by atoms with Crippen molar-refractivity contribution < 1.29 is 14.4 Å². The smallest absolute Gasteiger partial charge is 0.313 e. The second-order valence-corrected chi connectivity index (χ2v) is 10.4. The van der Waals surface area contributed by atoms with E-state index in [1.54, 1.807) is 16.2 Å². The fraction of sp³-hybridized carbons (Fsp3) is 0.400. The summed E-state index contributed by atoms with van der Waals surface area (Å²) >= 11 is 1.69. The number of rotatable bonds is 6. The van der Waals surface area contributed by atoms with Gasteiger partial charge in [-0.05, 0) is 56.6 Å². The molecule has 9 nitrogen and oxygen atoms in total. The molecule has 10 heteroatoms. The topological polar surface area (TPSA) is 122 Å². The van der Waals surface area contributed by atoms with Crippen LogP contribution >= 0.6 is 11.3 Å². The van der Waals surface area contributed by atoms with E-state index in [1.165, 1.54) is 18.5 Å². The van der Waals surface area contributed by atoms with E-state index in [4.69, 9.17) is 10.7 Å². The van der Waals surface area contributed by atoms with Gasteiger partial charge >= 0.3 is 11.8 Å². The van der Waals surface area contributed by atoms with Gasteiger partial charge in [-0.2, -0.15) is 0 Å². The van der Waals surface area contributed by atoms with Crippen LogP contribution in [0.2, 0.25) is 0 Å². The van der Waals surface area contributed by atoms with Crippen molar-refractivity contribution >= 4 is 45.0 Å². The van der Waals surface area contributed by atoms with Crippen LogP contribution in [0.25, 0.3) is 10.2 Å². The van der Waals surface area contributed by atoms with Crippen LogP contribution in [0.3, 0.4) is 0 Å². The molecule has 2 unspecified atom stereocenters. The van der Waals surface area contributed by atoms with Crippen LogP contribution in [0.1, 0.15) is 46.7 Å². The molecule has 0 saturated carbocycles. The molecule has 184 valence electrons. The van der Waals surface area contributed by atoms with Gasteiger partial charge in [0.05, 0.1) is 38.7 Å². The molecule has 2 atom stereocenters. The Bertz CT molecular complexity index is 1260. The molecular weight excluding hydrogens is 464 g/mol. The normalized spacial score (nSPS) is 18.1. The number of nitrogens with zero attached hydrogens (tertiary/aromatic N) is 4. The van der Waals surface area contributed by atoms with Crippen molar-refractivity contribution in [1.29, 1.82) is 0 Å². The Labute approximate surface area is 208 Å². The Kier molecular flexibility index (Phi) is 7.42. The van der Waals surface area contributed by atoms with Gasteiger partial charge in [0.25, 0.3) is 0 Å². The van der Waals surface area contributed by atoms with Crippen molar-refractivity contribution in [2.24, 2.45) is 11.7 Å². The number of pyridine rings is 1. The Hall–Kier alpha value is -3.37. The monoisotopic (exact) mass is 494 g/mol. The number of anilines is 1. The van der Waals surface area contributed by atoms with Crippen molar-refractivity contribution in [3.63, 3.8) is 0 Å². The summed E-state index contributed by atoms with van der Waals surface area (Å²) in [7, 11) is 4.09. The van der Waals surface area contributed by atoms with Gasteiger partial charge in [-0.15, -0.1) is 11.3 Å². The lowest BCUT2D eigenvalue weighted by Gasteiger charge is -2.38. The highest BCUT2D eigenvalue weighted by molar-refractivity contribution is 7.18. The summed E-state index contributed by atoms with van der Waals surface area (Å²) < 4.78 is 1.11. The number of amides is 3. The van der Waals surface area contributed by atoms with Gasteiger partial charge < -0.3 is 20.9 Å². The van der Waals surface area contributed by atoms with Crippen LogP contribution < -0.4 is 11.1 Å². The molecule has 1 saturated heterocycles. The molecule has 1 fully saturated rings. The SMILES string of the molecule is CC1CCC(c2ccc3sc(CCN(C)C)nc3c2)N(C(=O)C(=O)Nc2cncc(C(N)=O)c2)C1. The third kappa shape index (κ3) is 5.83. The Morgan fingerprint density at radius 3 is 2.74 bits per heavy atom. The highest BCUT2D eigenvalue weighted by Gasteiger charge is 2.34. The number of aromatic nitrogens is 2. The Morgan fingerprint density at radius 2 is 2.00 bits per heavy atom. The average molecular weight is 495 g/mol. The number of benzene rings is 1. The lowest BCUT2D eigenvalue weighted by atomic mass is 9.89. The second-order valence-electron chi connectivity index (χ2n) is 9.32. The van der Waals surface area contributed by atoms with Gasteiger partial charge in [-0.3, -0.25) is 19.4 Å². The van der Waals surface area contributed by atoms with Crippen LogP contribution in [-0.2, 0) is 16.0 Å². The number of thiazole rings is 1. The third-order valence-electron chi connectivity index (χ3n) is 6.17. The molecule has 1 aliphatic rings. The van der Waals surface area contributed by atoms with Crippen LogP contribution in [0.4, 0.5) is 5.69 Å². The zero-order chi connectivity index (χ0) is 25.1. The van der Waals surface area contributed by atoms with Crippen molar-refractivity contribution in [2.75, 3.05) is 32.5 Å². The van der Waals surface area contributed by atoms with Crippen molar-refractivity contribution in [3.8, 4) is 0 Å². The van der Waals surface area contributed by atoms with E-state index in [-0.39, 0.29) is 23.2 Å². The van der Waals surface area contributed by atoms with E-state index in [0.29, 0.717) is 6.54 Å². The zero-order valence-corrected chi connectivity index (χ0v) is 21.0. The number of nitrogens with one attached hydrogen (secondary N) is 1. The largest absolute Gasteiger partial charge is 0.366 e. The maximum atomic E-state index is 13.3. The van der Waals surface area contributed by atoms with Crippen molar-refractivity contribution in [3.05, 3.63) is 52.8 Å². The first-order valence-electron chi connectivity index (χ1n) is 11.6. The van der Waals surface area contributed by atoms with Gasteiger partial charge in [0.2, 0.25) is 5.91 Å². The summed E-state index contributed by atoms with van der Waals surface area (Å²) in [6.07, 6.45) is 5.30. The van der Waals surface area contributed by atoms with Crippen LogP contribution in [-0.4, -0.2) is 64.7 Å². The number of likely N-dealkylation sites (N-methyl/N-ethyl adjacent to an activating group) is 1. The molecule has 0 spiro atoms. The van der Waals surface area contributed by atoms with Crippen LogP contribution in [0.5, 0.6) is 0 Å². The number of fused-ring (bicyclic) bond motifs is 1. The van der Waals surface area contributed by atoms with E-state index in [2.05, 4.69) is 28.2 Å². The van der Waals surface area contributed by atoms with E-state index in [0.717, 1.165) is 46.6 Å². The summed E-state index contributed by atoms with van der Waals surface area (Å²) in [6.45, 7) is 3.50. The lowest BCUT2D eigenvalue weighted by Crippen LogP contribution is -2.46. The van der Waals surface area contributed by atoms with E-state index in [1.807, 2.05) is 26.2 Å². The quantitative estimate of drug-likeness (QED) is 0.508. The molecule has 35 heavy (non-hydrogen) atoms. The lowest BCUT2D eigenvalue weighted by molar-refractivity contribution is -0.146. The summed E-state index contributed by atoms with van der Waals surface area (Å²) in [5, 5.41) is 3.65. The first-order chi connectivity index (χ1) is 16.7. The van der Waals surface area contributed by atoms with Gasteiger partial charge in [0.1, 0.15) is 0 Å². The summed E-state index contributed by atoms with van der Waals surface area (Å²) in [5.41, 5.74) is 7.59. The van der Waals surface area contributed by atoms with Crippen molar-refractivity contribution in [2.45, 2.75) is 32.2 Å². The molecule has 0 bridgehead atoms. The molecule has 0 radical (unpaired) electrons. The maximum Gasteiger partial charge on any atom is 0.313 e. The number of likely N-dealkylation sites (tertiary alicyclic amines) is 1. The molecule has 0 aliphatic carbocycles. The van der Waals surface area contributed by atoms with Crippen LogP contribution in [0, 0.1) is 5.92 Å². The minimum absolute atomic E-state index is 0.154. The molecule has 3 aromatic rings. The predicted molar refractivity (Wildman–Crippen MR) is 136 cm³/mol. The zero-order valence-electron chi connectivity index (χ0n) is 20.2. The van der Waals surface area contributed by atoms with E-state index >= 15 is 0 Å². The van der Waals surface area contributed by atoms with Crippen LogP contribution in [0.15, 0.2) is 36.7 Å². The maximum absolute atomic E-state index is 13.3. The minimum Gasteiger partial charge on any atom is -0.366 e. The number of carbonyl (C=O) groups excluding carboxylic acids is 3. The molecule has 3 amide bonds. The number of nitrogens with two attached hydrogens (primary N) is 1. The van der Waals surface area contributed by atoms with Gasteiger partial charge in [0, 0.05) is 25.7 Å². The van der Waals surface area contributed by atoms with E-state index < -0.39 is 17.7 Å². The molecule has 1 aromatic carbocycles. The number of hydrogen-bond donors (Lipinski definition) is 2. The predicted octanol–water partition coefficient (Wildman–Crippen LogP) is 2.83. The summed E-state index contributed by atoms with van der Waals surface area (Å²) in [4.78, 5) is 50.0. The molecular formula is C25H30N6O3S. The average Bonchev–Trinajstić information content (AvgIpc) is 3.24. The first-order valence-corrected chi connectivity index (χ1v) is 12.4. The third-order valence-corrected chi connectivity index (χ3v) is 7.26. The Balaban J connectivity index is 1.54. The number of piperidine rings is 1. The molecule has 2 aromatic heterocycles. The van der Waals surface area contributed by atoms with Gasteiger partial charge in [-0.25, -0.2) is 4.98 Å². The molecule has 3 heterocycles. The highest BCUT2D eigenvalue weighted by atomic mass is 32.1. The first kappa shape index (κ1) is 24.7.